The molecule has 2 aromatic rings. The van der Waals surface area contributed by atoms with Crippen LogP contribution in [0.25, 0.3) is 10.9 Å². The number of hydrogen-bond donors (Lipinski definition) is 0. The molecule has 0 aliphatic carbocycles. The highest BCUT2D eigenvalue weighted by Crippen LogP contribution is 2.25. The predicted molar refractivity (Wildman–Crippen MR) is 65.4 cm³/mol. The Balaban J connectivity index is 2.48. The zero-order valence-corrected chi connectivity index (χ0v) is 10.3. The first kappa shape index (κ1) is 12.3. The summed E-state index contributed by atoms with van der Waals surface area (Å²) < 4.78 is 33.6. The summed E-state index contributed by atoms with van der Waals surface area (Å²) in [6, 6.07) is 7.06. The highest BCUT2D eigenvalue weighted by Gasteiger charge is 2.12. The predicted octanol–water partition coefficient (Wildman–Crippen LogP) is 2.73. The van der Waals surface area contributed by atoms with E-state index >= 15 is 0 Å². The molecule has 90 valence electrons. The Morgan fingerprint density at radius 2 is 2.06 bits per heavy atom. The van der Waals surface area contributed by atoms with Crippen molar-refractivity contribution in [3.05, 3.63) is 41.0 Å². The van der Waals surface area contributed by atoms with E-state index in [1.165, 1.54) is 0 Å². The van der Waals surface area contributed by atoms with Crippen LogP contribution in [-0.2, 0) is 16.6 Å². The topological polar surface area (TPSA) is 47.0 Å². The Bertz CT molecular complexity index is 658. The van der Waals surface area contributed by atoms with Crippen LogP contribution >= 0.6 is 11.6 Å². The second kappa shape index (κ2) is 4.58. The molecule has 0 aliphatic rings. The van der Waals surface area contributed by atoms with Gasteiger partial charge in [0.2, 0.25) is 0 Å². The number of aryl methyl sites for hydroxylation is 1. The lowest BCUT2D eigenvalue weighted by Crippen LogP contribution is -2.03. The SMILES string of the molecule is O=S(=O)(F)CCc1c(Cl)ccc2cccnc12. The lowest BCUT2D eigenvalue weighted by Gasteiger charge is -2.06. The average Bonchev–Trinajstić information content (AvgIpc) is 2.26. The third-order valence-electron chi connectivity index (χ3n) is 2.42. The third-order valence-corrected chi connectivity index (χ3v) is 3.46. The molecule has 0 radical (unpaired) electrons. The fourth-order valence-electron chi connectivity index (χ4n) is 1.64. The number of pyridine rings is 1. The van der Waals surface area contributed by atoms with Gasteiger partial charge in [-0.1, -0.05) is 23.7 Å². The zero-order valence-electron chi connectivity index (χ0n) is 8.73. The average molecular weight is 274 g/mol. The van der Waals surface area contributed by atoms with E-state index in [9.17, 15) is 12.3 Å². The van der Waals surface area contributed by atoms with E-state index in [1.807, 2.05) is 6.07 Å². The van der Waals surface area contributed by atoms with Crippen LogP contribution in [0.2, 0.25) is 5.02 Å². The summed E-state index contributed by atoms with van der Waals surface area (Å²) in [6.07, 6.45) is 1.61. The van der Waals surface area contributed by atoms with Gasteiger partial charge >= 0.3 is 10.2 Å². The lowest BCUT2D eigenvalue weighted by molar-refractivity contribution is 0.551. The normalized spacial score (nSPS) is 11.9. The van der Waals surface area contributed by atoms with E-state index in [0.29, 0.717) is 16.1 Å². The molecule has 1 heterocycles. The fourth-order valence-corrected chi connectivity index (χ4v) is 2.34. The van der Waals surface area contributed by atoms with Crippen molar-refractivity contribution in [2.24, 2.45) is 0 Å². The molecule has 2 rings (SSSR count). The van der Waals surface area contributed by atoms with Crippen molar-refractivity contribution in [3.63, 3.8) is 0 Å². The number of rotatable bonds is 3. The highest BCUT2D eigenvalue weighted by atomic mass is 35.5. The molecule has 0 spiro atoms. The molecule has 0 unspecified atom stereocenters. The van der Waals surface area contributed by atoms with Gasteiger partial charge in [-0.2, -0.15) is 8.42 Å². The summed E-state index contributed by atoms with van der Waals surface area (Å²) in [6.45, 7) is 0. The van der Waals surface area contributed by atoms with Crippen molar-refractivity contribution in [2.45, 2.75) is 6.42 Å². The number of fused-ring (bicyclic) bond motifs is 1. The maximum Gasteiger partial charge on any atom is 0.302 e. The van der Waals surface area contributed by atoms with E-state index in [1.54, 1.807) is 24.4 Å². The molecular weight excluding hydrogens is 265 g/mol. The molecule has 1 aromatic carbocycles. The molecule has 0 fully saturated rings. The summed E-state index contributed by atoms with van der Waals surface area (Å²) >= 11 is 5.97. The standard InChI is InChI=1S/C11H9ClFNO2S/c12-10-4-3-8-2-1-6-14-11(8)9(10)5-7-17(13,15)16/h1-4,6H,5,7H2. The van der Waals surface area contributed by atoms with Gasteiger partial charge in [0.25, 0.3) is 0 Å². The summed E-state index contributed by atoms with van der Waals surface area (Å²) in [5.41, 5.74) is 1.18. The monoisotopic (exact) mass is 273 g/mol. The molecule has 0 atom stereocenters. The van der Waals surface area contributed by atoms with Crippen molar-refractivity contribution in [1.29, 1.82) is 0 Å². The Kier molecular flexibility index (Phi) is 3.31. The van der Waals surface area contributed by atoms with Gasteiger partial charge in [0, 0.05) is 16.6 Å². The van der Waals surface area contributed by atoms with Crippen LogP contribution in [0.3, 0.4) is 0 Å². The smallest absolute Gasteiger partial charge is 0.256 e. The van der Waals surface area contributed by atoms with Crippen LogP contribution in [0, 0.1) is 0 Å². The van der Waals surface area contributed by atoms with Crippen molar-refractivity contribution < 1.29 is 12.3 Å². The van der Waals surface area contributed by atoms with Gasteiger partial charge in [-0.15, -0.1) is 3.89 Å². The fraction of sp³-hybridized carbons (Fsp3) is 0.182. The first-order valence-corrected chi connectivity index (χ1v) is 6.85. The van der Waals surface area contributed by atoms with Gasteiger partial charge in [0.1, 0.15) is 0 Å². The largest absolute Gasteiger partial charge is 0.302 e. The first-order chi connectivity index (χ1) is 7.97. The van der Waals surface area contributed by atoms with Crippen LogP contribution < -0.4 is 0 Å². The number of halogens is 2. The number of aromatic nitrogens is 1. The Hall–Kier alpha value is -1.20. The second-order valence-electron chi connectivity index (χ2n) is 3.59. The molecule has 6 heteroatoms. The summed E-state index contributed by atoms with van der Waals surface area (Å²) in [7, 11) is -4.49. The maximum atomic E-state index is 12.5. The van der Waals surface area contributed by atoms with Crippen LogP contribution in [-0.4, -0.2) is 19.2 Å². The molecule has 0 N–H and O–H groups in total. The highest BCUT2D eigenvalue weighted by molar-refractivity contribution is 7.86. The number of benzene rings is 1. The minimum atomic E-state index is -4.49. The molecule has 3 nitrogen and oxygen atoms in total. The summed E-state index contributed by atoms with van der Waals surface area (Å²) in [5.74, 6) is -0.581. The van der Waals surface area contributed by atoms with Gasteiger partial charge < -0.3 is 0 Å². The van der Waals surface area contributed by atoms with Crippen molar-refractivity contribution in [3.8, 4) is 0 Å². The van der Waals surface area contributed by atoms with Crippen LogP contribution in [0.1, 0.15) is 5.56 Å². The van der Waals surface area contributed by atoms with E-state index in [2.05, 4.69) is 4.98 Å². The van der Waals surface area contributed by atoms with Crippen LogP contribution in [0.15, 0.2) is 30.5 Å². The van der Waals surface area contributed by atoms with E-state index < -0.39 is 16.0 Å². The van der Waals surface area contributed by atoms with E-state index in [-0.39, 0.29) is 6.42 Å². The van der Waals surface area contributed by atoms with Crippen molar-refractivity contribution in [1.82, 2.24) is 4.98 Å². The van der Waals surface area contributed by atoms with Gasteiger partial charge in [0.15, 0.2) is 0 Å². The Labute approximate surface area is 103 Å². The van der Waals surface area contributed by atoms with Crippen LogP contribution in [0.5, 0.6) is 0 Å². The van der Waals surface area contributed by atoms with Gasteiger partial charge in [-0.25, -0.2) is 0 Å². The molecule has 0 saturated carbocycles. The quantitative estimate of drug-likeness (QED) is 0.808. The Morgan fingerprint density at radius 1 is 1.29 bits per heavy atom. The van der Waals surface area contributed by atoms with Crippen molar-refractivity contribution >= 4 is 32.7 Å². The summed E-state index contributed by atoms with van der Waals surface area (Å²) in [4.78, 5) is 4.14. The number of nitrogens with zero attached hydrogens (tertiary/aromatic N) is 1. The lowest BCUT2D eigenvalue weighted by atomic mass is 10.1. The van der Waals surface area contributed by atoms with Crippen molar-refractivity contribution in [2.75, 3.05) is 5.75 Å². The van der Waals surface area contributed by atoms with Gasteiger partial charge in [-0.3, -0.25) is 4.98 Å². The zero-order chi connectivity index (χ0) is 12.5. The molecule has 0 saturated heterocycles. The minimum absolute atomic E-state index is 0.0199. The molecule has 0 amide bonds. The van der Waals surface area contributed by atoms with Crippen LogP contribution in [0.4, 0.5) is 3.89 Å². The van der Waals surface area contributed by atoms with E-state index in [0.717, 1.165) is 5.39 Å². The third kappa shape index (κ3) is 2.92. The van der Waals surface area contributed by atoms with Gasteiger partial charge in [-0.05, 0) is 24.1 Å². The molecular formula is C11H9ClFNO2S. The molecule has 0 bridgehead atoms. The van der Waals surface area contributed by atoms with E-state index in [4.69, 9.17) is 11.6 Å². The summed E-state index contributed by atoms with van der Waals surface area (Å²) in [5, 5.41) is 1.25. The first-order valence-electron chi connectivity index (χ1n) is 4.92. The Morgan fingerprint density at radius 3 is 2.76 bits per heavy atom. The van der Waals surface area contributed by atoms with Gasteiger partial charge in [0.05, 0.1) is 11.3 Å². The second-order valence-corrected chi connectivity index (χ2v) is 5.49. The molecule has 0 aliphatic heterocycles. The molecule has 1 aromatic heterocycles. The molecule has 17 heavy (non-hydrogen) atoms. The minimum Gasteiger partial charge on any atom is -0.256 e. The number of hydrogen-bond acceptors (Lipinski definition) is 3. The maximum absolute atomic E-state index is 12.5.